The highest BCUT2D eigenvalue weighted by atomic mass is 32.1. The molecule has 61 heavy (non-hydrogen) atoms. The molecule has 286 valence electrons. The van der Waals surface area contributed by atoms with Crippen LogP contribution in [-0.2, 0) is 0 Å². The Hall–Kier alpha value is -7.30. The molecule has 12 aromatic rings. The fourth-order valence-electron chi connectivity index (χ4n) is 9.11. The number of thiophene rings is 2. The summed E-state index contributed by atoms with van der Waals surface area (Å²) in [6.45, 7) is 0. The Kier molecular flexibility index (Phi) is 8.62. The molecule has 2 aromatic heterocycles. The molecule has 0 spiro atoms. The van der Waals surface area contributed by atoms with Crippen molar-refractivity contribution >= 4 is 90.9 Å². The van der Waals surface area contributed by atoms with E-state index >= 15 is 0 Å². The average Bonchev–Trinajstić information content (AvgIpc) is 3.91. The van der Waals surface area contributed by atoms with Gasteiger partial charge < -0.3 is 4.90 Å². The molecule has 0 fully saturated rings. The molecular weight excluding hydrogens is 775 g/mol. The fourth-order valence-corrected chi connectivity index (χ4v) is 11.5. The molecule has 0 saturated carbocycles. The third-order valence-corrected chi connectivity index (χ3v) is 14.4. The van der Waals surface area contributed by atoms with E-state index in [1.807, 2.05) is 22.7 Å². The Morgan fingerprint density at radius 2 is 0.869 bits per heavy atom. The van der Waals surface area contributed by atoms with E-state index in [0.29, 0.717) is 0 Å². The number of benzene rings is 10. The summed E-state index contributed by atoms with van der Waals surface area (Å²) in [5.41, 5.74) is 13.0. The van der Waals surface area contributed by atoms with Gasteiger partial charge in [0.25, 0.3) is 0 Å². The van der Waals surface area contributed by atoms with E-state index in [2.05, 4.69) is 229 Å². The first kappa shape index (κ1) is 35.6. The summed E-state index contributed by atoms with van der Waals surface area (Å²) in [6, 6.07) is 82.5. The SMILES string of the molecule is c1ccc(-c2cccc(-c3ccc4c(sc5ccccc54)c3N(c3ccc(-c4ccc5ccccc5c4)cc3)c3ccc(-c4cccc5sc6ccccc6c45)cc3)c2)cc1. The van der Waals surface area contributed by atoms with Gasteiger partial charge in [-0.1, -0.05) is 170 Å². The molecule has 10 aromatic carbocycles. The highest BCUT2D eigenvalue weighted by Crippen LogP contribution is 2.50. The lowest BCUT2D eigenvalue weighted by Gasteiger charge is -2.29. The normalized spacial score (nSPS) is 11.6. The summed E-state index contributed by atoms with van der Waals surface area (Å²) >= 11 is 3.75. The lowest BCUT2D eigenvalue weighted by Crippen LogP contribution is -2.11. The predicted octanol–water partition coefficient (Wildman–Crippen LogP) is 17.7. The molecular formula is C58H37NS2. The molecule has 2 heterocycles. The van der Waals surface area contributed by atoms with Crippen LogP contribution in [0.2, 0.25) is 0 Å². The Morgan fingerprint density at radius 1 is 0.295 bits per heavy atom. The van der Waals surface area contributed by atoms with Gasteiger partial charge in [-0.2, -0.15) is 0 Å². The number of hydrogen-bond acceptors (Lipinski definition) is 3. The zero-order valence-corrected chi connectivity index (χ0v) is 34.8. The average molecular weight is 812 g/mol. The van der Waals surface area contributed by atoms with Gasteiger partial charge in [0.1, 0.15) is 0 Å². The maximum absolute atomic E-state index is 2.50. The van der Waals surface area contributed by atoms with Gasteiger partial charge in [0, 0.05) is 52.6 Å². The van der Waals surface area contributed by atoms with Crippen LogP contribution in [0.4, 0.5) is 17.1 Å². The van der Waals surface area contributed by atoms with Crippen molar-refractivity contribution < 1.29 is 0 Å². The summed E-state index contributed by atoms with van der Waals surface area (Å²) in [4.78, 5) is 2.50. The van der Waals surface area contributed by atoms with Crippen LogP contribution in [0.1, 0.15) is 0 Å². The zero-order valence-electron chi connectivity index (χ0n) is 33.1. The van der Waals surface area contributed by atoms with Crippen molar-refractivity contribution in [1.82, 2.24) is 0 Å². The molecule has 12 rings (SSSR count). The molecule has 1 nitrogen and oxygen atoms in total. The second kappa shape index (κ2) is 14.8. The summed E-state index contributed by atoms with van der Waals surface area (Å²) < 4.78 is 5.18. The molecule has 0 N–H and O–H groups in total. The largest absolute Gasteiger partial charge is 0.308 e. The number of hydrogen-bond donors (Lipinski definition) is 0. The van der Waals surface area contributed by atoms with Crippen LogP contribution < -0.4 is 4.90 Å². The smallest absolute Gasteiger partial charge is 0.0718 e. The van der Waals surface area contributed by atoms with Crippen LogP contribution in [0.3, 0.4) is 0 Å². The first-order valence-electron chi connectivity index (χ1n) is 20.7. The number of rotatable bonds is 7. The van der Waals surface area contributed by atoms with Crippen LogP contribution >= 0.6 is 22.7 Å². The van der Waals surface area contributed by atoms with Gasteiger partial charge in [0.15, 0.2) is 0 Å². The van der Waals surface area contributed by atoms with Gasteiger partial charge in [-0.15, -0.1) is 22.7 Å². The highest BCUT2D eigenvalue weighted by Gasteiger charge is 2.23. The van der Waals surface area contributed by atoms with E-state index in [-0.39, 0.29) is 0 Å². The fraction of sp³-hybridized carbons (Fsp3) is 0. The van der Waals surface area contributed by atoms with Gasteiger partial charge >= 0.3 is 0 Å². The molecule has 0 amide bonds. The first-order chi connectivity index (χ1) is 30.2. The second-order valence-corrected chi connectivity index (χ2v) is 17.8. The second-order valence-electron chi connectivity index (χ2n) is 15.7. The molecule has 0 unspecified atom stereocenters. The minimum Gasteiger partial charge on any atom is -0.308 e. The Labute approximate surface area is 362 Å². The van der Waals surface area contributed by atoms with Crippen LogP contribution in [0.15, 0.2) is 224 Å². The zero-order chi connectivity index (χ0) is 40.3. The maximum Gasteiger partial charge on any atom is 0.0718 e. The molecule has 0 aliphatic heterocycles. The number of nitrogens with zero attached hydrogens (tertiary/aromatic N) is 1. The van der Waals surface area contributed by atoms with Crippen molar-refractivity contribution in [2.45, 2.75) is 0 Å². The van der Waals surface area contributed by atoms with Crippen molar-refractivity contribution in [3.63, 3.8) is 0 Å². The first-order valence-corrected chi connectivity index (χ1v) is 22.4. The van der Waals surface area contributed by atoms with Crippen molar-refractivity contribution in [3.05, 3.63) is 224 Å². The highest BCUT2D eigenvalue weighted by molar-refractivity contribution is 7.26. The Balaban J connectivity index is 1.07. The van der Waals surface area contributed by atoms with Crippen LogP contribution in [0.5, 0.6) is 0 Å². The van der Waals surface area contributed by atoms with E-state index in [1.165, 1.54) is 101 Å². The quantitative estimate of drug-likeness (QED) is 0.155. The topological polar surface area (TPSA) is 3.24 Å². The third kappa shape index (κ3) is 6.21. The van der Waals surface area contributed by atoms with Crippen molar-refractivity contribution in [2.75, 3.05) is 4.90 Å². The number of fused-ring (bicyclic) bond motifs is 7. The molecule has 0 aliphatic rings. The van der Waals surface area contributed by atoms with Gasteiger partial charge in [0.05, 0.1) is 10.4 Å². The van der Waals surface area contributed by atoms with Crippen LogP contribution in [0.25, 0.3) is 95.6 Å². The van der Waals surface area contributed by atoms with E-state index in [9.17, 15) is 0 Å². The van der Waals surface area contributed by atoms with Crippen molar-refractivity contribution in [2.24, 2.45) is 0 Å². The predicted molar refractivity (Wildman–Crippen MR) is 266 cm³/mol. The molecule has 0 atom stereocenters. The number of anilines is 3. The lowest BCUT2D eigenvalue weighted by molar-refractivity contribution is 1.30. The monoisotopic (exact) mass is 811 g/mol. The molecule has 0 saturated heterocycles. The van der Waals surface area contributed by atoms with Crippen LogP contribution in [-0.4, -0.2) is 0 Å². The standard InChI is InChI=1S/C58H37NS2/c1-2-12-38(13-3-1)43-16-10-17-45(37-43)49-34-35-51-50-18-6-8-21-53(50)61-58(51)57(49)59(46-30-26-40(27-31-46)44-25-24-39-14-4-5-15-42(39)36-44)47-32-28-41(29-33-47)48-20-11-23-55-56(48)52-19-7-9-22-54(52)60-55/h1-37H. The molecule has 0 bridgehead atoms. The Bertz CT molecular complexity index is 3580. The Morgan fingerprint density at radius 3 is 1.67 bits per heavy atom. The van der Waals surface area contributed by atoms with Crippen LogP contribution in [0, 0.1) is 0 Å². The summed E-state index contributed by atoms with van der Waals surface area (Å²) in [7, 11) is 0. The molecule has 0 aliphatic carbocycles. The molecule has 3 heteroatoms. The minimum atomic E-state index is 1.11. The minimum absolute atomic E-state index is 1.11. The van der Waals surface area contributed by atoms with Gasteiger partial charge in [-0.05, 0) is 104 Å². The maximum atomic E-state index is 2.50. The van der Waals surface area contributed by atoms with Gasteiger partial charge in [0.2, 0.25) is 0 Å². The lowest BCUT2D eigenvalue weighted by atomic mass is 9.95. The summed E-state index contributed by atoms with van der Waals surface area (Å²) in [6.07, 6.45) is 0. The van der Waals surface area contributed by atoms with Crippen molar-refractivity contribution in [1.29, 1.82) is 0 Å². The molecule has 0 radical (unpaired) electrons. The van der Waals surface area contributed by atoms with E-state index < -0.39 is 0 Å². The third-order valence-electron chi connectivity index (χ3n) is 12.1. The summed E-state index contributed by atoms with van der Waals surface area (Å²) in [5, 5.41) is 7.69. The van der Waals surface area contributed by atoms with Gasteiger partial charge in [-0.3, -0.25) is 0 Å². The van der Waals surface area contributed by atoms with E-state index in [4.69, 9.17) is 0 Å². The van der Waals surface area contributed by atoms with Crippen molar-refractivity contribution in [3.8, 4) is 44.5 Å². The van der Waals surface area contributed by atoms with Gasteiger partial charge in [-0.25, -0.2) is 0 Å². The van der Waals surface area contributed by atoms with E-state index in [1.54, 1.807) is 0 Å². The van der Waals surface area contributed by atoms with E-state index in [0.717, 1.165) is 11.4 Å². The summed E-state index contributed by atoms with van der Waals surface area (Å²) in [5.74, 6) is 0.